The van der Waals surface area contributed by atoms with E-state index in [9.17, 15) is 8.78 Å². The summed E-state index contributed by atoms with van der Waals surface area (Å²) >= 11 is 0. The molecule has 0 bridgehead atoms. The Kier molecular flexibility index (Phi) is 4.21. The van der Waals surface area contributed by atoms with Crippen LogP contribution in [0.15, 0.2) is 24.4 Å². The Balaban J connectivity index is 2.24. The molecule has 102 valence electrons. The summed E-state index contributed by atoms with van der Waals surface area (Å²) in [6.07, 6.45) is 1.50. The first-order valence-corrected chi connectivity index (χ1v) is 6.14. The van der Waals surface area contributed by atoms with Gasteiger partial charge in [0.2, 0.25) is 0 Å². The molecule has 1 N–H and O–H groups in total. The van der Waals surface area contributed by atoms with Gasteiger partial charge in [-0.25, -0.2) is 13.5 Å². The number of nitrogens with zero attached hydrogens (tertiary/aromatic N) is 3. The number of aromatic nitrogens is 3. The fourth-order valence-corrected chi connectivity index (χ4v) is 1.75. The molecule has 19 heavy (non-hydrogen) atoms. The summed E-state index contributed by atoms with van der Waals surface area (Å²) in [5.41, 5.74) is 0.422. The van der Waals surface area contributed by atoms with E-state index in [2.05, 4.69) is 29.5 Å². The fourth-order valence-electron chi connectivity index (χ4n) is 1.75. The Bertz CT molecular complexity index is 531. The molecule has 0 amide bonds. The number of hydrogen-bond donors (Lipinski definition) is 1. The molecule has 0 saturated heterocycles. The first kappa shape index (κ1) is 13.6. The van der Waals surface area contributed by atoms with Crippen LogP contribution in [-0.4, -0.2) is 21.5 Å². The Morgan fingerprint density at radius 2 is 1.95 bits per heavy atom. The Hall–Kier alpha value is -1.82. The molecule has 0 atom stereocenters. The molecule has 0 radical (unpaired) electrons. The molecule has 0 aliphatic rings. The highest BCUT2D eigenvalue weighted by Gasteiger charge is 2.15. The average Bonchev–Trinajstić information content (AvgIpc) is 2.77. The number of halogens is 2. The van der Waals surface area contributed by atoms with E-state index in [-0.39, 0.29) is 5.69 Å². The van der Waals surface area contributed by atoms with Crippen LogP contribution in [0.25, 0.3) is 5.69 Å². The minimum atomic E-state index is -0.657. The van der Waals surface area contributed by atoms with Crippen molar-refractivity contribution in [1.29, 1.82) is 0 Å². The summed E-state index contributed by atoms with van der Waals surface area (Å²) in [5.74, 6) is -0.819. The van der Waals surface area contributed by atoms with Crippen molar-refractivity contribution in [2.75, 3.05) is 6.54 Å². The molecule has 1 aromatic carbocycles. The molecule has 0 spiro atoms. The number of benzene rings is 1. The minimum Gasteiger partial charge on any atom is -0.311 e. The van der Waals surface area contributed by atoms with Crippen LogP contribution in [0.3, 0.4) is 0 Å². The van der Waals surface area contributed by atoms with Crippen LogP contribution in [0.2, 0.25) is 0 Å². The van der Waals surface area contributed by atoms with Crippen LogP contribution < -0.4 is 5.32 Å². The molecule has 1 heterocycles. The number of nitrogens with one attached hydrogen (secondary N) is 1. The molecule has 0 unspecified atom stereocenters. The Labute approximate surface area is 110 Å². The van der Waals surface area contributed by atoms with E-state index in [4.69, 9.17) is 0 Å². The molecule has 2 rings (SSSR count). The van der Waals surface area contributed by atoms with Gasteiger partial charge in [-0.15, -0.1) is 5.10 Å². The minimum absolute atomic E-state index is 0.193. The van der Waals surface area contributed by atoms with Gasteiger partial charge in [-0.05, 0) is 24.6 Å². The molecule has 6 heteroatoms. The van der Waals surface area contributed by atoms with Crippen molar-refractivity contribution in [3.8, 4) is 5.69 Å². The molecule has 2 aromatic rings. The lowest BCUT2D eigenvalue weighted by Gasteiger charge is -2.10. The zero-order valence-corrected chi connectivity index (χ0v) is 10.9. The average molecular weight is 266 g/mol. The molecular weight excluding hydrogens is 250 g/mol. The fraction of sp³-hybridized carbons (Fsp3) is 0.385. The molecule has 4 nitrogen and oxygen atoms in total. The molecule has 0 fully saturated rings. The molecule has 0 aliphatic heterocycles. The van der Waals surface area contributed by atoms with Gasteiger partial charge in [-0.3, -0.25) is 0 Å². The highest BCUT2D eigenvalue weighted by atomic mass is 19.1. The van der Waals surface area contributed by atoms with Crippen LogP contribution >= 0.6 is 0 Å². The van der Waals surface area contributed by atoms with E-state index in [1.807, 2.05) is 0 Å². The molecular formula is C13H16F2N4. The summed E-state index contributed by atoms with van der Waals surface area (Å²) < 4.78 is 28.6. The van der Waals surface area contributed by atoms with E-state index in [0.717, 1.165) is 6.54 Å². The van der Waals surface area contributed by atoms with Gasteiger partial charge in [0.15, 0.2) is 11.6 Å². The van der Waals surface area contributed by atoms with Crippen LogP contribution in [0, 0.1) is 17.6 Å². The van der Waals surface area contributed by atoms with Gasteiger partial charge < -0.3 is 5.32 Å². The summed E-state index contributed by atoms with van der Waals surface area (Å²) in [5, 5.41) is 10.7. The number of para-hydroxylation sites is 1. The smallest absolute Gasteiger partial charge is 0.151 e. The van der Waals surface area contributed by atoms with Gasteiger partial charge in [0.1, 0.15) is 5.69 Å². The Morgan fingerprint density at radius 3 is 2.58 bits per heavy atom. The van der Waals surface area contributed by atoms with Gasteiger partial charge in [0.25, 0.3) is 0 Å². The van der Waals surface area contributed by atoms with Crippen LogP contribution in [0.4, 0.5) is 8.78 Å². The van der Waals surface area contributed by atoms with Gasteiger partial charge in [0.05, 0.1) is 11.9 Å². The molecule has 0 aliphatic carbocycles. The van der Waals surface area contributed by atoms with Gasteiger partial charge in [-0.1, -0.05) is 25.1 Å². The van der Waals surface area contributed by atoms with Crippen molar-refractivity contribution in [2.24, 2.45) is 5.92 Å². The molecule has 1 aromatic heterocycles. The monoisotopic (exact) mass is 266 g/mol. The van der Waals surface area contributed by atoms with Crippen molar-refractivity contribution >= 4 is 0 Å². The van der Waals surface area contributed by atoms with Crippen molar-refractivity contribution in [3.63, 3.8) is 0 Å². The maximum absolute atomic E-state index is 13.7. The van der Waals surface area contributed by atoms with Crippen molar-refractivity contribution in [1.82, 2.24) is 20.3 Å². The highest BCUT2D eigenvalue weighted by Crippen LogP contribution is 2.17. The Morgan fingerprint density at radius 1 is 1.26 bits per heavy atom. The van der Waals surface area contributed by atoms with Crippen LogP contribution in [0.5, 0.6) is 0 Å². The largest absolute Gasteiger partial charge is 0.311 e. The van der Waals surface area contributed by atoms with Crippen LogP contribution in [-0.2, 0) is 6.54 Å². The maximum Gasteiger partial charge on any atom is 0.151 e. The highest BCUT2D eigenvalue weighted by molar-refractivity contribution is 5.35. The zero-order valence-electron chi connectivity index (χ0n) is 10.9. The SMILES string of the molecule is CC(C)CNCc1cnnn1-c1c(F)cccc1F. The second kappa shape index (κ2) is 5.88. The van der Waals surface area contributed by atoms with Crippen molar-refractivity contribution in [3.05, 3.63) is 41.7 Å². The summed E-state index contributed by atoms with van der Waals surface area (Å²) in [6.45, 7) is 5.43. The van der Waals surface area contributed by atoms with E-state index >= 15 is 0 Å². The lowest BCUT2D eigenvalue weighted by atomic mass is 10.2. The van der Waals surface area contributed by atoms with E-state index < -0.39 is 11.6 Å². The van der Waals surface area contributed by atoms with E-state index in [0.29, 0.717) is 18.2 Å². The first-order chi connectivity index (χ1) is 9.09. The number of hydrogen-bond acceptors (Lipinski definition) is 3. The summed E-state index contributed by atoms with van der Waals surface area (Å²) in [6, 6.07) is 3.72. The maximum atomic E-state index is 13.7. The third-order valence-corrected chi connectivity index (χ3v) is 2.63. The van der Waals surface area contributed by atoms with E-state index in [1.165, 1.54) is 29.1 Å². The van der Waals surface area contributed by atoms with Crippen LogP contribution in [0.1, 0.15) is 19.5 Å². The third kappa shape index (κ3) is 3.14. The standard InChI is InChI=1S/C13H16F2N4/c1-9(2)6-16-7-10-8-17-18-19(10)13-11(14)4-3-5-12(13)15/h3-5,8-9,16H,6-7H2,1-2H3. The van der Waals surface area contributed by atoms with E-state index in [1.54, 1.807) is 0 Å². The predicted molar refractivity (Wildman–Crippen MR) is 67.8 cm³/mol. The van der Waals surface area contributed by atoms with Crippen molar-refractivity contribution < 1.29 is 8.78 Å². The normalized spacial score (nSPS) is 11.2. The lowest BCUT2D eigenvalue weighted by Crippen LogP contribution is -2.21. The second-order valence-electron chi connectivity index (χ2n) is 4.73. The number of rotatable bonds is 5. The summed E-state index contributed by atoms with van der Waals surface area (Å²) in [4.78, 5) is 0. The topological polar surface area (TPSA) is 42.7 Å². The third-order valence-electron chi connectivity index (χ3n) is 2.63. The summed E-state index contributed by atoms with van der Waals surface area (Å²) in [7, 11) is 0. The van der Waals surface area contributed by atoms with Gasteiger partial charge >= 0.3 is 0 Å². The van der Waals surface area contributed by atoms with Crippen molar-refractivity contribution in [2.45, 2.75) is 20.4 Å². The zero-order chi connectivity index (χ0) is 13.8. The molecule has 0 saturated carbocycles. The second-order valence-corrected chi connectivity index (χ2v) is 4.73. The quantitative estimate of drug-likeness (QED) is 0.903. The van der Waals surface area contributed by atoms with Gasteiger partial charge in [0, 0.05) is 6.54 Å². The lowest BCUT2D eigenvalue weighted by molar-refractivity contribution is 0.527. The first-order valence-electron chi connectivity index (χ1n) is 6.14. The van der Waals surface area contributed by atoms with Gasteiger partial charge in [-0.2, -0.15) is 0 Å². The predicted octanol–water partition coefficient (Wildman–Crippen LogP) is 2.29.